The molecule has 0 saturated carbocycles. The maximum atomic E-state index is 12.5. The van der Waals surface area contributed by atoms with Gasteiger partial charge in [-0.15, -0.1) is 0 Å². The van der Waals surface area contributed by atoms with E-state index < -0.39 is 0 Å². The summed E-state index contributed by atoms with van der Waals surface area (Å²) >= 11 is 0. The first-order valence-corrected chi connectivity index (χ1v) is 7.69. The van der Waals surface area contributed by atoms with E-state index in [9.17, 15) is 4.79 Å². The number of amides is 1. The van der Waals surface area contributed by atoms with Crippen molar-refractivity contribution in [2.75, 3.05) is 13.6 Å². The molecule has 2 atom stereocenters. The fourth-order valence-corrected chi connectivity index (χ4v) is 3.18. The second kappa shape index (κ2) is 6.89. The van der Waals surface area contributed by atoms with E-state index in [-0.39, 0.29) is 17.9 Å². The Bertz CT molecular complexity index is 458. The molecule has 110 valence electrons. The summed E-state index contributed by atoms with van der Waals surface area (Å²) in [5, 5.41) is 0. The fourth-order valence-electron chi connectivity index (χ4n) is 3.18. The molecule has 0 heterocycles. The molecule has 0 bridgehead atoms. The summed E-state index contributed by atoms with van der Waals surface area (Å²) < 4.78 is 0. The lowest BCUT2D eigenvalue weighted by Gasteiger charge is -2.34. The number of rotatable bonds is 5. The van der Waals surface area contributed by atoms with Crippen LogP contribution in [0, 0.1) is 5.92 Å². The molecule has 0 aromatic heterocycles. The van der Waals surface area contributed by atoms with Crippen LogP contribution in [0.4, 0.5) is 0 Å². The Balaban J connectivity index is 2.10. The summed E-state index contributed by atoms with van der Waals surface area (Å²) in [5.74, 6) is 0.317. The van der Waals surface area contributed by atoms with Crippen LogP contribution in [-0.4, -0.2) is 24.4 Å². The van der Waals surface area contributed by atoms with Crippen molar-refractivity contribution in [3.05, 3.63) is 35.4 Å². The lowest BCUT2D eigenvalue weighted by Crippen LogP contribution is -2.36. The minimum absolute atomic E-state index is 0.0673. The van der Waals surface area contributed by atoms with Crippen molar-refractivity contribution >= 4 is 5.91 Å². The molecule has 2 unspecified atom stereocenters. The van der Waals surface area contributed by atoms with Gasteiger partial charge in [0.15, 0.2) is 0 Å². The third kappa shape index (κ3) is 3.21. The summed E-state index contributed by atoms with van der Waals surface area (Å²) in [6, 6.07) is 8.78. The smallest absolute Gasteiger partial charge is 0.225 e. The highest BCUT2D eigenvalue weighted by Crippen LogP contribution is 2.34. The van der Waals surface area contributed by atoms with E-state index >= 15 is 0 Å². The van der Waals surface area contributed by atoms with Crippen molar-refractivity contribution in [3.63, 3.8) is 0 Å². The molecule has 1 aliphatic rings. The van der Waals surface area contributed by atoms with Gasteiger partial charge in [0, 0.05) is 13.0 Å². The monoisotopic (exact) mass is 274 g/mol. The summed E-state index contributed by atoms with van der Waals surface area (Å²) in [5.41, 5.74) is 8.27. The van der Waals surface area contributed by atoms with Gasteiger partial charge in [-0.1, -0.05) is 31.2 Å². The first-order chi connectivity index (χ1) is 9.65. The Morgan fingerprint density at radius 2 is 2.20 bits per heavy atom. The van der Waals surface area contributed by atoms with Gasteiger partial charge < -0.3 is 10.6 Å². The van der Waals surface area contributed by atoms with Crippen molar-refractivity contribution in [1.82, 2.24) is 4.90 Å². The highest BCUT2D eigenvalue weighted by atomic mass is 16.2. The second-order valence-corrected chi connectivity index (χ2v) is 5.89. The molecule has 1 aromatic rings. The molecule has 3 heteroatoms. The van der Waals surface area contributed by atoms with Crippen molar-refractivity contribution in [2.45, 2.75) is 45.1 Å². The Labute approximate surface area is 122 Å². The lowest BCUT2D eigenvalue weighted by molar-refractivity contribution is -0.136. The first-order valence-electron chi connectivity index (χ1n) is 7.69. The van der Waals surface area contributed by atoms with E-state index in [1.807, 2.05) is 18.9 Å². The average Bonchev–Trinajstić information content (AvgIpc) is 2.50. The molecule has 20 heavy (non-hydrogen) atoms. The van der Waals surface area contributed by atoms with Gasteiger partial charge >= 0.3 is 0 Å². The molecule has 1 aromatic carbocycles. The van der Waals surface area contributed by atoms with E-state index in [1.54, 1.807) is 0 Å². The number of benzene rings is 1. The molecule has 3 nitrogen and oxygen atoms in total. The molecule has 0 spiro atoms. The van der Waals surface area contributed by atoms with Crippen molar-refractivity contribution in [3.8, 4) is 0 Å². The van der Waals surface area contributed by atoms with E-state index in [4.69, 9.17) is 5.73 Å². The van der Waals surface area contributed by atoms with E-state index in [1.165, 1.54) is 11.1 Å². The third-order valence-corrected chi connectivity index (χ3v) is 4.42. The van der Waals surface area contributed by atoms with Gasteiger partial charge in [-0.05, 0) is 49.8 Å². The maximum absolute atomic E-state index is 12.5. The van der Waals surface area contributed by atoms with Crippen LogP contribution in [0.3, 0.4) is 0 Å². The molecule has 1 aliphatic carbocycles. The maximum Gasteiger partial charge on any atom is 0.225 e. The molecule has 1 amide bonds. The Morgan fingerprint density at radius 3 is 2.95 bits per heavy atom. The second-order valence-electron chi connectivity index (χ2n) is 5.89. The lowest BCUT2D eigenvalue weighted by atomic mass is 9.86. The summed E-state index contributed by atoms with van der Waals surface area (Å²) in [6.45, 7) is 2.68. The van der Waals surface area contributed by atoms with Crippen molar-refractivity contribution in [1.29, 1.82) is 0 Å². The minimum Gasteiger partial charge on any atom is -0.338 e. The molecule has 0 fully saturated rings. The van der Waals surface area contributed by atoms with Crippen LogP contribution < -0.4 is 5.73 Å². The third-order valence-electron chi connectivity index (χ3n) is 4.42. The molecule has 0 aliphatic heterocycles. The quantitative estimate of drug-likeness (QED) is 0.897. The highest BCUT2D eigenvalue weighted by molar-refractivity contribution is 5.78. The number of hydrogen-bond donors (Lipinski definition) is 1. The molecular weight excluding hydrogens is 248 g/mol. The predicted molar refractivity (Wildman–Crippen MR) is 82.3 cm³/mol. The highest BCUT2D eigenvalue weighted by Gasteiger charge is 2.28. The number of nitrogens with two attached hydrogens (primary N) is 1. The largest absolute Gasteiger partial charge is 0.338 e. The van der Waals surface area contributed by atoms with Gasteiger partial charge in [0.25, 0.3) is 0 Å². The Morgan fingerprint density at radius 1 is 1.45 bits per heavy atom. The van der Waals surface area contributed by atoms with Crippen LogP contribution in [0.2, 0.25) is 0 Å². The van der Waals surface area contributed by atoms with Crippen LogP contribution in [0.15, 0.2) is 24.3 Å². The summed E-state index contributed by atoms with van der Waals surface area (Å²) in [6.07, 6.45) is 5.17. The van der Waals surface area contributed by atoms with E-state index in [0.717, 1.165) is 32.1 Å². The zero-order valence-corrected chi connectivity index (χ0v) is 12.6. The van der Waals surface area contributed by atoms with Crippen LogP contribution >= 0.6 is 0 Å². The number of carbonyl (C=O) groups excluding carboxylic acids is 1. The fraction of sp³-hybridized carbons (Fsp3) is 0.588. The summed E-state index contributed by atoms with van der Waals surface area (Å²) in [4.78, 5) is 14.5. The Hall–Kier alpha value is -1.35. The average molecular weight is 274 g/mol. The summed E-state index contributed by atoms with van der Waals surface area (Å²) in [7, 11) is 1.95. The van der Waals surface area contributed by atoms with Gasteiger partial charge in [0.05, 0.1) is 6.04 Å². The van der Waals surface area contributed by atoms with Crippen LogP contribution in [0.5, 0.6) is 0 Å². The van der Waals surface area contributed by atoms with Gasteiger partial charge in [-0.2, -0.15) is 0 Å². The van der Waals surface area contributed by atoms with Gasteiger partial charge in [-0.25, -0.2) is 0 Å². The topological polar surface area (TPSA) is 46.3 Å². The number of aryl methyl sites for hydroxylation is 1. The molecule has 0 radical (unpaired) electrons. The standard InChI is InChI=1S/C17H26N2O/c1-13(7-6-12-18)17(20)19(2)16-11-5-9-14-8-3-4-10-15(14)16/h3-4,8,10,13,16H,5-7,9,11-12,18H2,1-2H3. The predicted octanol–water partition coefficient (Wildman–Crippen LogP) is 2.90. The SMILES string of the molecule is CC(CCCN)C(=O)N(C)C1CCCc2ccccc21. The number of nitrogens with zero attached hydrogens (tertiary/aromatic N) is 1. The van der Waals surface area contributed by atoms with Crippen LogP contribution in [-0.2, 0) is 11.2 Å². The van der Waals surface area contributed by atoms with Crippen molar-refractivity contribution < 1.29 is 4.79 Å². The minimum atomic E-state index is 0.0673. The molecule has 0 saturated heterocycles. The Kier molecular flexibility index (Phi) is 5.18. The normalized spacial score (nSPS) is 19.2. The first kappa shape index (κ1) is 15.0. The zero-order valence-electron chi connectivity index (χ0n) is 12.6. The molecule has 2 N–H and O–H groups in total. The van der Waals surface area contributed by atoms with Gasteiger partial charge in [-0.3, -0.25) is 4.79 Å². The number of hydrogen-bond acceptors (Lipinski definition) is 2. The van der Waals surface area contributed by atoms with Gasteiger partial charge in [0.1, 0.15) is 0 Å². The van der Waals surface area contributed by atoms with Gasteiger partial charge in [0.2, 0.25) is 5.91 Å². The number of carbonyl (C=O) groups is 1. The van der Waals surface area contributed by atoms with E-state index in [2.05, 4.69) is 24.3 Å². The van der Waals surface area contributed by atoms with E-state index in [0.29, 0.717) is 6.54 Å². The molecule has 2 rings (SSSR count). The van der Waals surface area contributed by atoms with Crippen LogP contribution in [0.1, 0.15) is 49.8 Å². The number of fused-ring (bicyclic) bond motifs is 1. The van der Waals surface area contributed by atoms with Crippen molar-refractivity contribution in [2.24, 2.45) is 11.7 Å². The van der Waals surface area contributed by atoms with Crippen LogP contribution in [0.25, 0.3) is 0 Å². The zero-order chi connectivity index (χ0) is 14.5. The molecular formula is C17H26N2O.